The van der Waals surface area contributed by atoms with Gasteiger partial charge in [0.15, 0.2) is 0 Å². The minimum atomic E-state index is -0.966. The van der Waals surface area contributed by atoms with Crippen LogP contribution in [0, 0.1) is 0 Å². The van der Waals surface area contributed by atoms with E-state index in [9.17, 15) is 14.7 Å². The summed E-state index contributed by atoms with van der Waals surface area (Å²) in [6.45, 7) is 0.564. The van der Waals surface area contributed by atoms with Crippen LogP contribution < -0.4 is 4.90 Å². The van der Waals surface area contributed by atoms with Crippen LogP contribution in [0.25, 0.3) is 5.00 Å². The van der Waals surface area contributed by atoms with Crippen LogP contribution in [-0.2, 0) is 30.6 Å². The van der Waals surface area contributed by atoms with Crippen molar-refractivity contribution < 1.29 is 14.7 Å². The van der Waals surface area contributed by atoms with Crippen LogP contribution in [0.1, 0.15) is 62.1 Å². The maximum atomic E-state index is 14.1. The average molecular weight is 526 g/mol. The fourth-order valence-electron chi connectivity index (χ4n) is 5.78. The van der Waals surface area contributed by atoms with Gasteiger partial charge in [0.05, 0.1) is 23.7 Å². The molecule has 1 aliphatic carbocycles. The molecule has 1 unspecified atom stereocenters. The summed E-state index contributed by atoms with van der Waals surface area (Å²) in [6, 6.07) is 19.1. The van der Waals surface area contributed by atoms with Crippen molar-refractivity contribution in [3.8, 4) is 5.00 Å². The van der Waals surface area contributed by atoms with Gasteiger partial charge in [-0.05, 0) is 78.8 Å². The van der Waals surface area contributed by atoms with Crippen molar-refractivity contribution in [2.45, 2.75) is 44.7 Å². The first-order chi connectivity index (χ1) is 18.4. The second-order valence-electron chi connectivity index (χ2n) is 10.4. The zero-order valence-electron chi connectivity index (χ0n) is 21.7. The Bertz CT molecular complexity index is 1500. The Hall–Kier alpha value is -3.84. The van der Waals surface area contributed by atoms with Crippen LogP contribution in [-0.4, -0.2) is 40.5 Å². The number of aromatic nitrogens is 1. The minimum Gasteiger partial charge on any atom is -0.478 e. The lowest BCUT2D eigenvalue weighted by Gasteiger charge is -2.32. The first kappa shape index (κ1) is 24.5. The predicted octanol–water partition coefficient (Wildman–Crippen LogP) is 5.86. The lowest BCUT2D eigenvalue weighted by molar-refractivity contribution is -0.132. The van der Waals surface area contributed by atoms with Crippen molar-refractivity contribution in [3.05, 3.63) is 105 Å². The number of amides is 1. The number of hydrogen-bond donors (Lipinski definition) is 1. The fraction of sp³-hybridized carbons (Fsp3) is 0.290. The molecule has 0 fully saturated rings. The van der Waals surface area contributed by atoms with E-state index in [1.807, 2.05) is 30.3 Å². The second kappa shape index (κ2) is 9.80. The van der Waals surface area contributed by atoms with Gasteiger partial charge in [-0.3, -0.25) is 4.79 Å². The minimum absolute atomic E-state index is 0.0334. The maximum Gasteiger partial charge on any atom is 0.335 e. The third kappa shape index (κ3) is 4.31. The van der Waals surface area contributed by atoms with Gasteiger partial charge >= 0.3 is 5.97 Å². The monoisotopic (exact) mass is 525 g/mol. The number of anilines is 1. The third-order valence-electron chi connectivity index (χ3n) is 7.78. The van der Waals surface area contributed by atoms with Crippen LogP contribution in [0.5, 0.6) is 0 Å². The Morgan fingerprint density at radius 2 is 1.71 bits per heavy atom. The number of aryl methyl sites for hydroxylation is 1. The molecule has 2 aliphatic rings. The van der Waals surface area contributed by atoms with E-state index in [0.717, 1.165) is 35.3 Å². The summed E-state index contributed by atoms with van der Waals surface area (Å²) in [5.41, 5.74) is 7.04. The van der Waals surface area contributed by atoms with E-state index in [1.54, 1.807) is 24.3 Å². The number of thiophene rings is 1. The van der Waals surface area contributed by atoms with Gasteiger partial charge in [0, 0.05) is 43.0 Å². The first-order valence-corrected chi connectivity index (χ1v) is 13.9. The number of carbonyl (C=O) groups excluding carboxylic acids is 1. The third-order valence-corrected chi connectivity index (χ3v) is 9.11. The van der Waals surface area contributed by atoms with E-state index < -0.39 is 5.97 Å². The van der Waals surface area contributed by atoms with E-state index in [0.29, 0.717) is 6.54 Å². The largest absolute Gasteiger partial charge is 0.478 e. The molecular weight excluding hydrogens is 494 g/mol. The molecule has 3 heterocycles. The highest BCUT2D eigenvalue weighted by Crippen LogP contribution is 2.44. The molecule has 0 saturated carbocycles. The highest BCUT2D eigenvalue weighted by atomic mass is 32.1. The highest BCUT2D eigenvalue weighted by Gasteiger charge is 2.36. The standard InChI is InChI=1S/C31H31N3O3S/c1-32(2)23-15-13-21(14-16-23)29-26-7-5-17-33(26)30-25(24-6-3-4-8-27(24)38-30)19-34(29)28(35)18-20-9-11-22(12-10-20)31(36)37/h5,7,9-17,29H,3-4,6,8,18-19H2,1-2H3,(H,36,37). The molecule has 1 atom stereocenters. The van der Waals surface area contributed by atoms with Crippen LogP contribution in [0.2, 0.25) is 0 Å². The smallest absolute Gasteiger partial charge is 0.335 e. The van der Waals surface area contributed by atoms with Crippen molar-refractivity contribution in [3.63, 3.8) is 0 Å². The molecule has 2 aromatic heterocycles. The molecule has 2 aromatic carbocycles. The number of carbonyl (C=O) groups is 2. The Morgan fingerprint density at radius 3 is 2.42 bits per heavy atom. The fourth-order valence-corrected chi connectivity index (χ4v) is 7.18. The van der Waals surface area contributed by atoms with Crippen molar-refractivity contribution >= 4 is 28.9 Å². The van der Waals surface area contributed by atoms with Gasteiger partial charge in [0.1, 0.15) is 5.00 Å². The average Bonchev–Trinajstić information content (AvgIpc) is 3.51. The van der Waals surface area contributed by atoms with Gasteiger partial charge in [-0.25, -0.2) is 4.79 Å². The molecule has 194 valence electrons. The maximum absolute atomic E-state index is 14.1. The number of hydrogen-bond acceptors (Lipinski definition) is 4. The van der Waals surface area contributed by atoms with Gasteiger partial charge in [0.2, 0.25) is 5.91 Å². The molecule has 0 saturated heterocycles. The normalized spacial score (nSPS) is 16.3. The molecular formula is C31H31N3O3S. The molecule has 1 amide bonds. The molecule has 38 heavy (non-hydrogen) atoms. The molecule has 7 heteroatoms. The van der Waals surface area contributed by atoms with Crippen molar-refractivity contribution in [2.24, 2.45) is 0 Å². The Morgan fingerprint density at radius 1 is 0.974 bits per heavy atom. The summed E-state index contributed by atoms with van der Waals surface area (Å²) < 4.78 is 2.30. The molecule has 0 bridgehead atoms. The lowest BCUT2D eigenvalue weighted by atomic mass is 9.94. The number of carboxylic acid groups (broad SMARTS) is 1. The van der Waals surface area contributed by atoms with E-state index in [4.69, 9.17) is 0 Å². The predicted molar refractivity (Wildman–Crippen MR) is 151 cm³/mol. The summed E-state index contributed by atoms with van der Waals surface area (Å²) >= 11 is 1.89. The molecule has 4 aromatic rings. The van der Waals surface area contributed by atoms with Crippen LogP contribution in [0.4, 0.5) is 5.69 Å². The molecule has 1 N–H and O–H groups in total. The molecule has 1 aliphatic heterocycles. The first-order valence-electron chi connectivity index (χ1n) is 13.1. The van der Waals surface area contributed by atoms with E-state index in [2.05, 4.69) is 52.1 Å². The topological polar surface area (TPSA) is 65.8 Å². The summed E-state index contributed by atoms with van der Waals surface area (Å²) in [4.78, 5) is 31.0. The summed E-state index contributed by atoms with van der Waals surface area (Å²) in [5, 5.41) is 10.5. The quantitative estimate of drug-likeness (QED) is 0.355. The van der Waals surface area contributed by atoms with Gasteiger partial charge in [-0.1, -0.05) is 24.3 Å². The van der Waals surface area contributed by atoms with Gasteiger partial charge in [0.25, 0.3) is 0 Å². The lowest BCUT2D eigenvalue weighted by Crippen LogP contribution is -2.36. The molecule has 6 rings (SSSR count). The van der Waals surface area contributed by atoms with Crippen LogP contribution in [0.3, 0.4) is 0 Å². The van der Waals surface area contributed by atoms with Crippen molar-refractivity contribution in [1.29, 1.82) is 0 Å². The van der Waals surface area contributed by atoms with Gasteiger partial charge in [-0.2, -0.15) is 0 Å². The highest BCUT2D eigenvalue weighted by molar-refractivity contribution is 7.15. The van der Waals surface area contributed by atoms with Gasteiger partial charge in [-0.15, -0.1) is 11.3 Å². The number of fused-ring (bicyclic) bond motifs is 5. The summed E-state index contributed by atoms with van der Waals surface area (Å²) in [5.74, 6) is -0.932. The number of nitrogens with zero attached hydrogens (tertiary/aromatic N) is 3. The van der Waals surface area contributed by atoms with Crippen LogP contribution in [0.15, 0.2) is 66.9 Å². The van der Waals surface area contributed by atoms with E-state index >= 15 is 0 Å². The molecule has 0 spiro atoms. The molecule has 0 radical (unpaired) electrons. The summed E-state index contributed by atoms with van der Waals surface area (Å²) in [6.07, 6.45) is 6.95. The SMILES string of the molecule is CN(C)c1ccc(C2c3cccn3-c3sc4c(c3CN2C(=O)Cc2ccc(C(=O)O)cc2)CCCC4)cc1. The zero-order chi connectivity index (χ0) is 26.4. The second-order valence-corrected chi connectivity index (χ2v) is 11.5. The van der Waals surface area contributed by atoms with Crippen LogP contribution >= 0.6 is 11.3 Å². The summed E-state index contributed by atoms with van der Waals surface area (Å²) in [7, 11) is 4.05. The Labute approximate surface area is 226 Å². The zero-order valence-corrected chi connectivity index (χ0v) is 22.5. The van der Waals surface area contributed by atoms with Crippen molar-refractivity contribution in [1.82, 2.24) is 9.47 Å². The molecule has 6 nitrogen and oxygen atoms in total. The van der Waals surface area contributed by atoms with Crippen molar-refractivity contribution in [2.75, 3.05) is 19.0 Å². The number of benzene rings is 2. The Kier molecular flexibility index (Phi) is 6.32. The number of rotatable bonds is 5. The van der Waals surface area contributed by atoms with E-state index in [1.165, 1.54) is 33.8 Å². The number of aromatic carboxylic acids is 1. The number of carboxylic acids is 1. The van der Waals surface area contributed by atoms with Gasteiger partial charge < -0.3 is 19.5 Å². The van der Waals surface area contributed by atoms with E-state index in [-0.39, 0.29) is 23.9 Å². The Balaban J connectivity index is 1.45.